The lowest BCUT2D eigenvalue weighted by atomic mass is 9.84. The molecule has 0 spiro atoms. The van der Waals surface area contributed by atoms with E-state index in [2.05, 4.69) is 0 Å². The Morgan fingerprint density at radius 3 is 2.38 bits per heavy atom. The van der Waals surface area contributed by atoms with E-state index in [-0.39, 0.29) is 5.91 Å². The lowest BCUT2D eigenvalue weighted by molar-refractivity contribution is -0.129. The molecule has 2 fully saturated rings. The molecule has 4 atom stereocenters. The van der Waals surface area contributed by atoms with Crippen molar-refractivity contribution >= 4 is 29.5 Å². The summed E-state index contributed by atoms with van der Waals surface area (Å²) < 4.78 is 5.15. The fraction of sp³-hybridized carbons (Fsp3) is 0.227. The van der Waals surface area contributed by atoms with E-state index in [1.165, 1.54) is 4.90 Å². The zero-order valence-corrected chi connectivity index (χ0v) is 15.7. The van der Waals surface area contributed by atoms with Crippen LogP contribution in [0.2, 0.25) is 0 Å². The van der Waals surface area contributed by atoms with Gasteiger partial charge >= 0.3 is 0 Å². The number of nitrogens with two attached hydrogens (primary N) is 1. The summed E-state index contributed by atoms with van der Waals surface area (Å²) in [6.07, 6.45) is 3.66. The first-order valence-electron chi connectivity index (χ1n) is 9.38. The fourth-order valence-corrected chi connectivity index (χ4v) is 4.87. The van der Waals surface area contributed by atoms with Crippen molar-refractivity contribution < 1.29 is 19.1 Å². The fourth-order valence-electron chi connectivity index (χ4n) is 4.87. The van der Waals surface area contributed by atoms with Crippen molar-refractivity contribution in [1.29, 1.82) is 0 Å². The molecule has 0 aromatic heterocycles. The summed E-state index contributed by atoms with van der Waals surface area (Å²) in [5.41, 5.74) is 8.06. The zero-order valence-electron chi connectivity index (χ0n) is 15.7. The molecule has 0 aliphatic carbocycles. The molecular formula is C22H19N3O4. The minimum absolute atomic E-state index is 0.311. The first kappa shape index (κ1) is 17.5. The largest absolute Gasteiger partial charge is 0.497 e. The van der Waals surface area contributed by atoms with Crippen molar-refractivity contribution in [2.75, 3.05) is 12.0 Å². The summed E-state index contributed by atoms with van der Waals surface area (Å²) in [4.78, 5) is 42.1. The number of nitrogens with zero attached hydrogens (tertiary/aromatic N) is 2. The lowest BCUT2D eigenvalue weighted by Gasteiger charge is -2.34. The summed E-state index contributed by atoms with van der Waals surface area (Å²) in [5.74, 6) is -2.18. The van der Waals surface area contributed by atoms with Gasteiger partial charge in [-0.1, -0.05) is 24.3 Å². The van der Waals surface area contributed by atoms with E-state index in [1.54, 1.807) is 42.5 Å². The number of amides is 3. The molecule has 3 aliphatic rings. The highest BCUT2D eigenvalue weighted by Gasteiger charge is 2.64. The van der Waals surface area contributed by atoms with Crippen molar-refractivity contribution in [2.24, 2.45) is 17.6 Å². The number of fused-ring (bicyclic) bond motifs is 5. The van der Waals surface area contributed by atoms with Crippen molar-refractivity contribution in [3.05, 3.63) is 65.9 Å². The average Bonchev–Trinajstić information content (AvgIpc) is 3.21. The first-order chi connectivity index (χ1) is 14.0. The standard InChI is InChI=1S/C22H19N3O4/c1-29-14-8-6-13(7-9-14)25-21(27)16-17(22(25)28)19(20(23)26)24-11-10-12-4-2-3-5-15(12)18(16)24/h2-11,16-19H,1H3,(H2,23,26)/t16-,17+,18-,19+/m0/s1. The third-order valence-corrected chi connectivity index (χ3v) is 6.08. The number of ether oxygens (including phenoxy) is 1. The number of carbonyl (C=O) groups excluding carboxylic acids is 3. The summed E-state index contributed by atoms with van der Waals surface area (Å²) in [7, 11) is 1.55. The quantitative estimate of drug-likeness (QED) is 0.807. The van der Waals surface area contributed by atoms with Crippen LogP contribution in [0.4, 0.5) is 5.69 Å². The Labute approximate surface area is 167 Å². The average molecular weight is 389 g/mol. The van der Waals surface area contributed by atoms with Crippen LogP contribution in [0.1, 0.15) is 17.2 Å². The molecule has 2 aromatic rings. The number of carbonyl (C=O) groups is 3. The highest BCUT2D eigenvalue weighted by atomic mass is 16.5. The second kappa shape index (κ2) is 6.20. The van der Waals surface area contributed by atoms with Crippen molar-refractivity contribution in [3.8, 4) is 5.75 Å². The van der Waals surface area contributed by atoms with Crippen molar-refractivity contribution in [3.63, 3.8) is 0 Å². The van der Waals surface area contributed by atoms with Gasteiger partial charge in [0.2, 0.25) is 17.7 Å². The summed E-state index contributed by atoms with van der Waals surface area (Å²) in [6, 6.07) is 13.2. The van der Waals surface area contributed by atoms with Gasteiger partial charge in [-0.3, -0.25) is 14.4 Å². The van der Waals surface area contributed by atoms with Crippen LogP contribution < -0.4 is 15.4 Å². The number of methoxy groups -OCH3 is 1. The number of hydrogen-bond acceptors (Lipinski definition) is 5. The molecular weight excluding hydrogens is 370 g/mol. The monoisotopic (exact) mass is 389 g/mol. The normalized spacial score (nSPS) is 26.9. The minimum atomic E-state index is -0.866. The predicted molar refractivity (Wildman–Crippen MR) is 106 cm³/mol. The van der Waals surface area contributed by atoms with Gasteiger partial charge in [0.25, 0.3) is 0 Å². The van der Waals surface area contributed by atoms with E-state index < -0.39 is 35.7 Å². The number of primary amides is 1. The van der Waals surface area contributed by atoms with Gasteiger partial charge in [-0.25, -0.2) is 4.90 Å². The van der Waals surface area contributed by atoms with Crippen LogP contribution in [0, 0.1) is 11.8 Å². The van der Waals surface area contributed by atoms with E-state index >= 15 is 0 Å². The van der Waals surface area contributed by atoms with Crippen LogP contribution >= 0.6 is 0 Å². The molecule has 2 saturated heterocycles. The predicted octanol–water partition coefficient (Wildman–Crippen LogP) is 1.70. The van der Waals surface area contributed by atoms with Crippen molar-refractivity contribution in [1.82, 2.24) is 4.90 Å². The third kappa shape index (κ3) is 2.33. The molecule has 2 aromatic carbocycles. The topological polar surface area (TPSA) is 92.9 Å². The number of benzene rings is 2. The Balaban J connectivity index is 1.62. The van der Waals surface area contributed by atoms with E-state index in [0.717, 1.165) is 11.1 Å². The number of imide groups is 1. The Morgan fingerprint density at radius 2 is 1.69 bits per heavy atom. The maximum Gasteiger partial charge on any atom is 0.240 e. The molecule has 3 heterocycles. The molecule has 7 nitrogen and oxygen atoms in total. The second-order valence-corrected chi connectivity index (χ2v) is 7.45. The lowest BCUT2D eigenvalue weighted by Crippen LogP contribution is -2.46. The molecule has 0 radical (unpaired) electrons. The Kier molecular flexibility index (Phi) is 3.74. The van der Waals surface area contributed by atoms with E-state index in [1.807, 2.05) is 30.3 Å². The SMILES string of the molecule is COc1ccc(N2C(=O)[C@@H]3[C@H](C2=O)[C@@H]2c4ccccc4C=CN2[C@H]3C(N)=O)cc1. The molecule has 0 saturated carbocycles. The van der Waals surface area contributed by atoms with Crippen molar-refractivity contribution in [2.45, 2.75) is 12.1 Å². The van der Waals surface area contributed by atoms with Gasteiger partial charge < -0.3 is 15.4 Å². The van der Waals surface area contributed by atoms with Crippen LogP contribution in [-0.4, -0.2) is 35.8 Å². The second-order valence-electron chi connectivity index (χ2n) is 7.45. The van der Waals surface area contributed by atoms with Gasteiger partial charge in [0.15, 0.2) is 0 Å². The van der Waals surface area contributed by atoms with Gasteiger partial charge in [-0.15, -0.1) is 0 Å². The number of hydrogen-bond donors (Lipinski definition) is 1. The Hall–Kier alpha value is -3.61. The smallest absolute Gasteiger partial charge is 0.240 e. The molecule has 5 rings (SSSR count). The summed E-state index contributed by atoms with van der Waals surface area (Å²) >= 11 is 0. The maximum atomic E-state index is 13.5. The summed E-state index contributed by atoms with van der Waals surface area (Å²) in [6.45, 7) is 0. The van der Waals surface area contributed by atoms with Crippen LogP contribution in [0.15, 0.2) is 54.7 Å². The van der Waals surface area contributed by atoms with Gasteiger partial charge in [0.1, 0.15) is 11.8 Å². The Bertz CT molecular complexity index is 1060. The first-order valence-corrected chi connectivity index (χ1v) is 9.38. The van der Waals surface area contributed by atoms with Gasteiger partial charge in [0.05, 0.1) is 30.7 Å². The molecule has 146 valence electrons. The maximum absolute atomic E-state index is 13.5. The molecule has 3 amide bonds. The number of anilines is 1. The highest BCUT2D eigenvalue weighted by Crippen LogP contribution is 2.53. The van der Waals surface area contributed by atoms with E-state index in [9.17, 15) is 14.4 Å². The summed E-state index contributed by atoms with van der Waals surface area (Å²) in [5, 5.41) is 0. The zero-order chi connectivity index (χ0) is 20.3. The van der Waals surface area contributed by atoms with Gasteiger partial charge in [-0.2, -0.15) is 0 Å². The highest BCUT2D eigenvalue weighted by molar-refractivity contribution is 6.24. The number of rotatable bonds is 3. The van der Waals surface area contributed by atoms with Crippen LogP contribution in [0.3, 0.4) is 0 Å². The molecule has 0 bridgehead atoms. The van der Waals surface area contributed by atoms with E-state index in [4.69, 9.17) is 10.5 Å². The van der Waals surface area contributed by atoms with Crippen LogP contribution in [-0.2, 0) is 14.4 Å². The van der Waals surface area contributed by atoms with E-state index in [0.29, 0.717) is 11.4 Å². The van der Waals surface area contributed by atoms with Gasteiger partial charge in [0, 0.05) is 6.20 Å². The molecule has 29 heavy (non-hydrogen) atoms. The molecule has 3 aliphatic heterocycles. The van der Waals surface area contributed by atoms with Crippen LogP contribution in [0.25, 0.3) is 6.08 Å². The molecule has 2 N–H and O–H groups in total. The molecule has 7 heteroatoms. The van der Waals surface area contributed by atoms with Gasteiger partial charge in [-0.05, 0) is 41.5 Å². The molecule has 0 unspecified atom stereocenters. The Morgan fingerprint density at radius 1 is 1.00 bits per heavy atom. The minimum Gasteiger partial charge on any atom is -0.497 e. The van der Waals surface area contributed by atoms with Crippen LogP contribution in [0.5, 0.6) is 5.75 Å². The third-order valence-electron chi connectivity index (χ3n) is 6.08.